The van der Waals surface area contributed by atoms with Gasteiger partial charge in [-0.25, -0.2) is 8.42 Å². The second-order valence-electron chi connectivity index (χ2n) is 5.20. The molecule has 0 spiro atoms. The number of piperidine rings is 1. The highest BCUT2D eigenvalue weighted by Crippen LogP contribution is 2.32. The van der Waals surface area contributed by atoms with Crippen LogP contribution in [0.3, 0.4) is 0 Å². The van der Waals surface area contributed by atoms with Crippen molar-refractivity contribution in [1.82, 2.24) is 9.62 Å². The SMILES string of the molecule is CNCc1sccc1S(=O)(=O)N1[C@H](C)CCC[C@@H]1C. The van der Waals surface area contributed by atoms with Crippen LogP contribution in [-0.4, -0.2) is 31.9 Å². The Morgan fingerprint density at radius 3 is 2.58 bits per heavy atom. The van der Waals surface area contributed by atoms with Gasteiger partial charge in [-0.3, -0.25) is 0 Å². The molecule has 108 valence electrons. The fourth-order valence-corrected chi connectivity index (χ4v) is 6.15. The average Bonchev–Trinajstić information content (AvgIpc) is 2.78. The van der Waals surface area contributed by atoms with Gasteiger partial charge in [-0.15, -0.1) is 11.3 Å². The molecule has 2 atom stereocenters. The van der Waals surface area contributed by atoms with E-state index < -0.39 is 10.0 Å². The molecule has 6 heteroatoms. The van der Waals surface area contributed by atoms with E-state index in [4.69, 9.17) is 0 Å². The molecule has 1 N–H and O–H groups in total. The minimum atomic E-state index is -3.37. The van der Waals surface area contributed by atoms with Crippen molar-refractivity contribution in [3.05, 3.63) is 16.3 Å². The smallest absolute Gasteiger partial charge is 0.244 e. The van der Waals surface area contributed by atoms with Crippen LogP contribution in [0.4, 0.5) is 0 Å². The third-order valence-corrected chi connectivity index (χ3v) is 6.97. The molecule has 1 saturated heterocycles. The predicted molar refractivity (Wildman–Crippen MR) is 78.9 cm³/mol. The lowest BCUT2D eigenvalue weighted by Gasteiger charge is -2.37. The molecule has 1 aliphatic rings. The summed E-state index contributed by atoms with van der Waals surface area (Å²) in [5, 5.41) is 4.90. The van der Waals surface area contributed by atoms with Crippen LogP contribution in [0.1, 0.15) is 38.0 Å². The van der Waals surface area contributed by atoms with Gasteiger partial charge in [-0.05, 0) is 45.2 Å². The highest BCUT2D eigenvalue weighted by Gasteiger charge is 2.36. The summed E-state index contributed by atoms with van der Waals surface area (Å²) in [6.45, 7) is 4.62. The molecule has 19 heavy (non-hydrogen) atoms. The van der Waals surface area contributed by atoms with Gasteiger partial charge < -0.3 is 5.32 Å². The van der Waals surface area contributed by atoms with Crippen molar-refractivity contribution in [1.29, 1.82) is 0 Å². The number of thiophene rings is 1. The number of sulfonamides is 1. The predicted octanol–water partition coefficient (Wildman–Crippen LogP) is 2.42. The fraction of sp³-hybridized carbons (Fsp3) is 0.692. The summed E-state index contributed by atoms with van der Waals surface area (Å²) in [5.74, 6) is 0. The van der Waals surface area contributed by atoms with Crippen molar-refractivity contribution < 1.29 is 8.42 Å². The Hall–Kier alpha value is -0.430. The van der Waals surface area contributed by atoms with E-state index in [1.165, 1.54) is 11.3 Å². The van der Waals surface area contributed by atoms with Crippen LogP contribution >= 0.6 is 11.3 Å². The maximum Gasteiger partial charge on any atom is 0.244 e. The highest BCUT2D eigenvalue weighted by molar-refractivity contribution is 7.89. The zero-order chi connectivity index (χ0) is 14.0. The molecule has 1 aromatic rings. The summed E-state index contributed by atoms with van der Waals surface area (Å²) in [4.78, 5) is 1.37. The molecular formula is C13H22N2O2S2. The Balaban J connectivity index is 2.38. The van der Waals surface area contributed by atoms with Crippen LogP contribution in [-0.2, 0) is 16.6 Å². The van der Waals surface area contributed by atoms with Gasteiger partial charge in [0.25, 0.3) is 0 Å². The van der Waals surface area contributed by atoms with Gasteiger partial charge >= 0.3 is 0 Å². The number of rotatable bonds is 4. The standard InChI is InChI=1S/C13H22N2O2S2/c1-10-5-4-6-11(2)15(10)19(16,17)13-7-8-18-12(13)9-14-3/h7-8,10-11,14H,4-6,9H2,1-3H3/t10-,11+. The summed E-state index contributed by atoms with van der Waals surface area (Å²) in [7, 11) is -1.53. The summed E-state index contributed by atoms with van der Waals surface area (Å²) < 4.78 is 27.4. The average molecular weight is 302 g/mol. The van der Waals surface area contributed by atoms with Crippen LogP contribution in [0.2, 0.25) is 0 Å². The van der Waals surface area contributed by atoms with E-state index in [1.54, 1.807) is 10.4 Å². The topological polar surface area (TPSA) is 49.4 Å². The first-order valence-corrected chi connectivity index (χ1v) is 9.05. The quantitative estimate of drug-likeness (QED) is 0.929. The maximum absolute atomic E-state index is 12.9. The zero-order valence-corrected chi connectivity index (χ0v) is 13.4. The van der Waals surface area contributed by atoms with Crippen LogP contribution in [0.5, 0.6) is 0 Å². The zero-order valence-electron chi connectivity index (χ0n) is 11.7. The first kappa shape index (κ1) is 15.0. The van der Waals surface area contributed by atoms with Crippen LogP contribution < -0.4 is 5.32 Å². The van der Waals surface area contributed by atoms with E-state index in [9.17, 15) is 8.42 Å². The van der Waals surface area contributed by atoms with E-state index in [2.05, 4.69) is 5.32 Å². The molecule has 0 radical (unpaired) electrons. The first-order valence-electron chi connectivity index (χ1n) is 6.73. The maximum atomic E-state index is 12.9. The van der Waals surface area contributed by atoms with Gasteiger partial charge in [0.1, 0.15) is 0 Å². The lowest BCUT2D eigenvalue weighted by atomic mass is 10.0. The molecule has 2 heterocycles. The summed E-state index contributed by atoms with van der Waals surface area (Å²) >= 11 is 1.50. The Morgan fingerprint density at radius 1 is 1.37 bits per heavy atom. The van der Waals surface area contributed by atoms with Crippen molar-refractivity contribution in [2.75, 3.05) is 7.05 Å². The van der Waals surface area contributed by atoms with E-state index in [-0.39, 0.29) is 12.1 Å². The van der Waals surface area contributed by atoms with Crippen molar-refractivity contribution in [3.8, 4) is 0 Å². The molecule has 0 bridgehead atoms. The second-order valence-corrected chi connectivity index (χ2v) is 8.01. The van der Waals surface area contributed by atoms with Crippen LogP contribution in [0.15, 0.2) is 16.3 Å². The lowest BCUT2D eigenvalue weighted by Crippen LogP contribution is -2.47. The first-order chi connectivity index (χ1) is 8.98. The van der Waals surface area contributed by atoms with Crippen molar-refractivity contribution >= 4 is 21.4 Å². The number of hydrogen-bond acceptors (Lipinski definition) is 4. The summed E-state index contributed by atoms with van der Waals surface area (Å²) in [5.41, 5.74) is 0. The van der Waals surface area contributed by atoms with Crippen LogP contribution in [0, 0.1) is 0 Å². The largest absolute Gasteiger partial charge is 0.315 e. The van der Waals surface area contributed by atoms with Gasteiger partial charge in [0.2, 0.25) is 10.0 Å². The molecule has 4 nitrogen and oxygen atoms in total. The molecule has 0 unspecified atom stereocenters. The van der Waals surface area contributed by atoms with Gasteiger partial charge in [-0.2, -0.15) is 4.31 Å². The van der Waals surface area contributed by atoms with Gasteiger partial charge in [0.15, 0.2) is 0 Å². The Kier molecular flexibility index (Phi) is 4.66. The molecular weight excluding hydrogens is 280 g/mol. The third-order valence-electron chi connectivity index (χ3n) is 3.71. The van der Waals surface area contributed by atoms with E-state index in [1.807, 2.05) is 26.3 Å². The van der Waals surface area contributed by atoms with Crippen LogP contribution in [0.25, 0.3) is 0 Å². The Labute approximate surface area is 119 Å². The minimum Gasteiger partial charge on any atom is -0.315 e. The fourth-order valence-electron chi connectivity index (χ4n) is 2.83. The summed E-state index contributed by atoms with van der Waals surface area (Å²) in [6, 6.07) is 1.92. The van der Waals surface area contributed by atoms with E-state index >= 15 is 0 Å². The highest BCUT2D eigenvalue weighted by atomic mass is 32.2. The lowest BCUT2D eigenvalue weighted by molar-refractivity contribution is 0.204. The molecule has 0 aromatic carbocycles. The Bertz CT molecular complexity index is 515. The molecule has 0 saturated carbocycles. The molecule has 0 aliphatic carbocycles. The van der Waals surface area contributed by atoms with Crippen molar-refractivity contribution in [2.24, 2.45) is 0 Å². The number of hydrogen-bond donors (Lipinski definition) is 1. The molecule has 1 aromatic heterocycles. The van der Waals surface area contributed by atoms with Crippen molar-refractivity contribution in [3.63, 3.8) is 0 Å². The normalized spacial score (nSPS) is 25.6. The third kappa shape index (κ3) is 2.86. The molecule has 1 aliphatic heterocycles. The molecule has 0 amide bonds. The summed E-state index contributed by atoms with van der Waals surface area (Å²) in [6.07, 6.45) is 3.02. The van der Waals surface area contributed by atoms with E-state index in [0.717, 1.165) is 24.1 Å². The molecule has 1 fully saturated rings. The molecule has 2 rings (SSSR count). The monoisotopic (exact) mass is 302 g/mol. The van der Waals surface area contributed by atoms with Gasteiger partial charge in [0.05, 0.1) is 4.90 Å². The van der Waals surface area contributed by atoms with Crippen molar-refractivity contribution in [2.45, 2.75) is 56.6 Å². The van der Waals surface area contributed by atoms with Gasteiger partial charge in [-0.1, -0.05) is 6.42 Å². The second kappa shape index (κ2) is 5.91. The minimum absolute atomic E-state index is 0.0936. The number of nitrogens with one attached hydrogen (secondary N) is 1. The van der Waals surface area contributed by atoms with Gasteiger partial charge in [0, 0.05) is 23.5 Å². The number of nitrogens with zero attached hydrogens (tertiary/aromatic N) is 1. The Morgan fingerprint density at radius 2 is 2.00 bits per heavy atom. The van der Waals surface area contributed by atoms with E-state index in [0.29, 0.717) is 11.4 Å².